The first-order valence-electron chi connectivity index (χ1n) is 10.3. The second-order valence-corrected chi connectivity index (χ2v) is 9.45. The van der Waals surface area contributed by atoms with Crippen molar-refractivity contribution in [1.29, 1.82) is 0 Å². The smallest absolute Gasteiger partial charge is 0.282 e. The molecule has 0 aliphatic heterocycles. The lowest BCUT2D eigenvalue weighted by atomic mass is 10.2. The minimum atomic E-state index is -0.230. The first kappa shape index (κ1) is 23.5. The molecule has 0 atom stereocenters. The van der Waals surface area contributed by atoms with Gasteiger partial charge in [0, 0.05) is 21.0 Å². The average Bonchev–Trinajstić information content (AvgIpc) is 2.79. The summed E-state index contributed by atoms with van der Waals surface area (Å²) in [6.45, 7) is 4.25. The molecule has 0 fully saturated rings. The maximum atomic E-state index is 13.1. The van der Waals surface area contributed by atoms with E-state index in [1.54, 1.807) is 24.4 Å². The normalized spacial score (nSPS) is 11.6. The predicted octanol–water partition coefficient (Wildman–Crippen LogP) is 7.05. The highest BCUT2D eigenvalue weighted by Crippen LogP contribution is 2.27. The molecule has 0 unspecified atom stereocenters. The van der Waals surface area contributed by atoms with Gasteiger partial charge in [-0.3, -0.25) is 4.79 Å². The molecule has 0 saturated heterocycles. The van der Waals surface area contributed by atoms with Crippen LogP contribution in [0.3, 0.4) is 0 Å². The molecule has 0 spiro atoms. The van der Waals surface area contributed by atoms with E-state index in [4.69, 9.17) is 27.9 Å². The zero-order chi connectivity index (χ0) is 23.5. The number of aromatic nitrogens is 2. The van der Waals surface area contributed by atoms with Crippen molar-refractivity contribution in [3.8, 4) is 5.75 Å². The van der Waals surface area contributed by atoms with Crippen LogP contribution in [0.4, 0.5) is 0 Å². The van der Waals surface area contributed by atoms with Gasteiger partial charge in [-0.15, -0.1) is 0 Å². The first-order valence-corrected chi connectivity index (χ1v) is 11.8. The molecule has 3 aromatic carbocycles. The molecule has 33 heavy (non-hydrogen) atoms. The Labute approximate surface area is 209 Å². The van der Waals surface area contributed by atoms with E-state index in [0.29, 0.717) is 39.1 Å². The molecule has 8 heteroatoms. The van der Waals surface area contributed by atoms with Gasteiger partial charge in [0.1, 0.15) is 18.2 Å². The van der Waals surface area contributed by atoms with Crippen molar-refractivity contribution < 1.29 is 4.74 Å². The molecule has 0 aliphatic carbocycles. The summed E-state index contributed by atoms with van der Waals surface area (Å²) in [4.78, 5) is 17.8. The summed E-state index contributed by atoms with van der Waals surface area (Å²) >= 11 is 16.0. The summed E-state index contributed by atoms with van der Waals surface area (Å²) in [5, 5.41) is 6.00. The summed E-state index contributed by atoms with van der Waals surface area (Å²) in [7, 11) is 0. The molecular weight excluding hydrogens is 525 g/mol. The van der Waals surface area contributed by atoms with Gasteiger partial charge in [-0.2, -0.15) is 9.78 Å². The highest BCUT2D eigenvalue weighted by Gasteiger charge is 2.14. The van der Waals surface area contributed by atoms with Crippen LogP contribution in [-0.4, -0.2) is 15.9 Å². The van der Waals surface area contributed by atoms with Gasteiger partial charge in [0.25, 0.3) is 5.56 Å². The molecule has 1 aromatic heterocycles. The zero-order valence-electron chi connectivity index (χ0n) is 17.9. The van der Waals surface area contributed by atoms with Crippen molar-refractivity contribution in [2.45, 2.75) is 26.4 Å². The molecular formula is C25H20BrCl2N3O2. The first-order chi connectivity index (χ1) is 15.8. The van der Waals surface area contributed by atoms with E-state index in [1.807, 2.05) is 56.3 Å². The number of nitrogens with zero attached hydrogens (tertiary/aromatic N) is 3. The molecule has 0 amide bonds. The molecule has 0 bridgehead atoms. The second kappa shape index (κ2) is 10.1. The second-order valence-electron chi connectivity index (χ2n) is 7.72. The summed E-state index contributed by atoms with van der Waals surface area (Å²) < 4.78 is 7.97. The fourth-order valence-electron chi connectivity index (χ4n) is 3.26. The summed E-state index contributed by atoms with van der Waals surface area (Å²) in [6.07, 6.45) is 1.59. The molecule has 0 N–H and O–H groups in total. The van der Waals surface area contributed by atoms with Crippen LogP contribution < -0.4 is 10.3 Å². The number of benzene rings is 3. The average molecular weight is 545 g/mol. The Bertz CT molecular complexity index is 1420. The Balaban J connectivity index is 1.62. The molecule has 4 aromatic rings. The Hall–Kier alpha value is -2.67. The van der Waals surface area contributed by atoms with Crippen LogP contribution in [0.2, 0.25) is 10.0 Å². The van der Waals surface area contributed by atoms with E-state index in [0.717, 1.165) is 15.6 Å². The van der Waals surface area contributed by atoms with Gasteiger partial charge in [-0.05, 0) is 48.0 Å². The third-order valence-electron chi connectivity index (χ3n) is 4.97. The van der Waals surface area contributed by atoms with Crippen molar-refractivity contribution in [1.82, 2.24) is 9.66 Å². The quantitative estimate of drug-likeness (QED) is 0.244. The minimum absolute atomic E-state index is 0.00655. The predicted molar refractivity (Wildman–Crippen MR) is 138 cm³/mol. The fraction of sp³-hybridized carbons (Fsp3) is 0.160. The van der Waals surface area contributed by atoms with Crippen LogP contribution in [0.1, 0.15) is 36.7 Å². The Kier molecular flexibility index (Phi) is 7.17. The highest BCUT2D eigenvalue weighted by atomic mass is 79.9. The van der Waals surface area contributed by atoms with Crippen LogP contribution in [0.15, 0.2) is 75.0 Å². The Morgan fingerprint density at radius 3 is 2.61 bits per heavy atom. The van der Waals surface area contributed by atoms with Gasteiger partial charge < -0.3 is 4.74 Å². The Morgan fingerprint density at radius 2 is 1.88 bits per heavy atom. The van der Waals surface area contributed by atoms with Crippen LogP contribution >= 0.6 is 39.1 Å². The summed E-state index contributed by atoms with van der Waals surface area (Å²) in [5.74, 6) is 1.12. The van der Waals surface area contributed by atoms with Gasteiger partial charge in [0.2, 0.25) is 0 Å². The standard InChI is InChI=1S/C25H20BrCl2N3O2/c1-15(2)24-30-22-9-8-18(26)12-19(22)25(32)31(24)29-13-16-7-10-23(21(28)11-16)33-14-17-5-3-4-6-20(17)27/h3-13,15H,14H2,1-2H3. The van der Waals surface area contributed by atoms with Crippen LogP contribution in [0.5, 0.6) is 5.75 Å². The number of rotatable bonds is 6. The zero-order valence-corrected chi connectivity index (χ0v) is 21.0. The van der Waals surface area contributed by atoms with Gasteiger partial charge in [0.15, 0.2) is 0 Å². The van der Waals surface area contributed by atoms with Gasteiger partial charge in [-0.25, -0.2) is 4.98 Å². The van der Waals surface area contributed by atoms with Gasteiger partial charge in [-0.1, -0.05) is 71.2 Å². The van der Waals surface area contributed by atoms with E-state index in [9.17, 15) is 4.79 Å². The lowest BCUT2D eigenvalue weighted by molar-refractivity contribution is 0.306. The molecule has 1 heterocycles. The van der Waals surface area contributed by atoms with E-state index in [1.165, 1.54) is 4.68 Å². The number of ether oxygens (including phenoxy) is 1. The van der Waals surface area contributed by atoms with Crippen LogP contribution in [-0.2, 0) is 6.61 Å². The monoisotopic (exact) mass is 543 g/mol. The molecule has 5 nitrogen and oxygen atoms in total. The van der Waals surface area contributed by atoms with Crippen molar-refractivity contribution in [3.05, 3.63) is 102 Å². The number of hydrogen-bond acceptors (Lipinski definition) is 4. The summed E-state index contributed by atoms with van der Waals surface area (Å²) in [6, 6.07) is 18.2. The van der Waals surface area contributed by atoms with Crippen LogP contribution in [0.25, 0.3) is 10.9 Å². The number of hydrogen-bond donors (Lipinski definition) is 0. The summed E-state index contributed by atoms with van der Waals surface area (Å²) in [5.41, 5.74) is 2.01. The third-order valence-corrected chi connectivity index (χ3v) is 6.13. The molecule has 0 radical (unpaired) electrons. The molecule has 0 saturated carbocycles. The van der Waals surface area contributed by atoms with E-state index >= 15 is 0 Å². The van der Waals surface area contributed by atoms with E-state index < -0.39 is 0 Å². The molecule has 0 aliphatic rings. The lowest BCUT2D eigenvalue weighted by Gasteiger charge is -2.12. The van der Waals surface area contributed by atoms with Crippen molar-refractivity contribution >= 4 is 56.2 Å². The third kappa shape index (κ3) is 5.29. The SMILES string of the molecule is CC(C)c1nc2ccc(Br)cc2c(=O)n1N=Cc1ccc(OCc2ccccc2Cl)c(Cl)c1. The largest absolute Gasteiger partial charge is 0.487 e. The highest BCUT2D eigenvalue weighted by molar-refractivity contribution is 9.10. The van der Waals surface area contributed by atoms with Gasteiger partial charge >= 0.3 is 0 Å². The number of halogens is 3. The Morgan fingerprint density at radius 1 is 1.09 bits per heavy atom. The molecule has 168 valence electrons. The van der Waals surface area contributed by atoms with E-state index in [2.05, 4.69) is 26.0 Å². The van der Waals surface area contributed by atoms with E-state index in [-0.39, 0.29) is 11.5 Å². The lowest BCUT2D eigenvalue weighted by Crippen LogP contribution is -2.23. The van der Waals surface area contributed by atoms with Crippen molar-refractivity contribution in [2.24, 2.45) is 5.10 Å². The maximum Gasteiger partial charge on any atom is 0.282 e. The molecule has 4 rings (SSSR count). The van der Waals surface area contributed by atoms with Gasteiger partial charge in [0.05, 0.1) is 22.1 Å². The number of fused-ring (bicyclic) bond motifs is 1. The van der Waals surface area contributed by atoms with Crippen molar-refractivity contribution in [2.75, 3.05) is 0 Å². The topological polar surface area (TPSA) is 56.5 Å². The van der Waals surface area contributed by atoms with Crippen molar-refractivity contribution in [3.63, 3.8) is 0 Å². The van der Waals surface area contributed by atoms with Crippen LogP contribution in [0, 0.1) is 0 Å². The fourth-order valence-corrected chi connectivity index (χ4v) is 4.06. The maximum absolute atomic E-state index is 13.1. The minimum Gasteiger partial charge on any atom is -0.487 e.